The molecule has 142 valence electrons. The van der Waals surface area contributed by atoms with Crippen LogP contribution in [0.4, 0.5) is 0 Å². The zero-order chi connectivity index (χ0) is 19.4. The lowest BCUT2D eigenvalue weighted by atomic mass is 10.2. The molecular weight excluding hydrogens is 400 g/mol. The fourth-order valence-corrected chi connectivity index (χ4v) is 4.88. The Balaban J connectivity index is 1.84. The maximum Gasteiger partial charge on any atom is 0.254 e. The molecule has 0 aliphatic carbocycles. The van der Waals surface area contributed by atoms with Crippen LogP contribution >= 0.6 is 22.7 Å². The second kappa shape index (κ2) is 8.35. The van der Waals surface area contributed by atoms with Crippen LogP contribution in [0, 0.1) is 0 Å². The van der Waals surface area contributed by atoms with E-state index in [4.69, 9.17) is 0 Å². The summed E-state index contributed by atoms with van der Waals surface area (Å²) in [6, 6.07) is 14.1. The molecule has 8 heteroatoms. The van der Waals surface area contributed by atoms with Crippen molar-refractivity contribution < 1.29 is 13.2 Å². The summed E-state index contributed by atoms with van der Waals surface area (Å²) in [5, 5.41) is 3.98. The number of carbonyl (C=O) groups is 1. The fourth-order valence-electron chi connectivity index (χ4n) is 2.54. The minimum atomic E-state index is -3.51. The van der Waals surface area contributed by atoms with Crippen molar-refractivity contribution in [3.8, 4) is 0 Å². The number of benzene rings is 1. The van der Waals surface area contributed by atoms with E-state index in [1.165, 1.54) is 26.2 Å². The number of sulfonamides is 1. The van der Waals surface area contributed by atoms with Gasteiger partial charge in [0.25, 0.3) is 5.91 Å². The number of amides is 1. The van der Waals surface area contributed by atoms with Gasteiger partial charge in [-0.05, 0) is 47.2 Å². The zero-order valence-electron chi connectivity index (χ0n) is 15.0. The topological polar surface area (TPSA) is 57.7 Å². The lowest BCUT2D eigenvalue weighted by Gasteiger charge is -2.22. The Morgan fingerprint density at radius 3 is 1.81 bits per heavy atom. The first-order chi connectivity index (χ1) is 12.9. The van der Waals surface area contributed by atoms with Crippen molar-refractivity contribution in [3.05, 3.63) is 74.6 Å². The van der Waals surface area contributed by atoms with Crippen molar-refractivity contribution in [1.29, 1.82) is 0 Å². The maximum absolute atomic E-state index is 13.1. The molecule has 0 aliphatic heterocycles. The van der Waals surface area contributed by atoms with Gasteiger partial charge in [-0.2, -0.15) is 0 Å². The van der Waals surface area contributed by atoms with Crippen molar-refractivity contribution in [3.63, 3.8) is 0 Å². The summed E-state index contributed by atoms with van der Waals surface area (Å²) in [7, 11) is -0.541. The van der Waals surface area contributed by atoms with Crippen molar-refractivity contribution in [2.45, 2.75) is 18.0 Å². The van der Waals surface area contributed by atoms with Crippen molar-refractivity contribution in [1.82, 2.24) is 9.21 Å². The van der Waals surface area contributed by atoms with E-state index in [0.29, 0.717) is 18.7 Å². The van der Waals surface area contributed by atoms with Crippen LogP contribution in [-0.4, -0.2) is 37.6 Å². The number of hydrogen-bond acceptors (Lipinski definition) is 5. The Hall–Kier alpha value is -2.00. The molecule has 0 unspecified atom stereocenters. The average molecular weight is 421 g/mol. The summed E-state index contributed by atoms with van der Waals surface area (Å²) < 4.78 is 25.6. The molecule has 27 heavy (non-hydrogen) atoms. The second-order valence-corrected chi connectivity index (χ2v) is 10.3. The van der Waals surface area contributed by atoms with Gasteiger partial charge in [0.15, 0.2) is 0 Å². The monoisotopic (exact) mass is 420 g/mol. The molecular formula is C19H20N2O3S3. The lowest BCUT2D eigenvalue weighted by Crippen LogP contribution is -2.29. The first-order valence-electron chi connectivity index (χ1n) is 8.24. The van der Waals surface area contributed by atoms with E-state index in [1.54, 1.807) is 39.7 Å². The van der Waals surface area contributed by atoms with E-state index in [9.17, 15) is 13.2 Å². The highest BCUT2D eigenvalue weighted by Gasteiger charge is 2.20. The Kier molecular flexibility index (Phi) is 6.11. The number of hydrogen-bond donors (Lipinski definition) is 0. The maximum atomic E-state index is 13.1. The number of rotatable bonds is 7. The summed E-state index contributed by atoms with van der Waals surface area (Å²) in [6.07, 6.45) is 0. The summed E-state index contributed by atoms with van der Waals surface area (Å²) in [5.74, 6) is -0.120. The zero-order valence-corrected chi connectivity index (χ0v) is 17.5. The third kappa shape index (κ3) is 4.65. The molecule has 5 nitrogen and oxygen atoms in total. The van der Waals surface area contributed by atoms with Gasteiger partial charge in [-0.25, -0.2) is 12.7 Å². The van der Waals surface area contributed by atoms with E-state index < -0.39 is 10.0 Å². The van der Waals surface area contributed by atoms with Gasteiger partial charge < -0.3 is 4.90 Å². The average Bonchev–Trinajstić information content (AvgIpc) is 3.34. The molecule has 1 amide bonds. The highest BCUT2D eigenvalue weighted by atomic mass is 32.2. The van der Waals surface area contributed by atoms with Gasteiger partial charge in [0.2, 0.25) is 10.0 Å². The van der Waals surface area contributed by atoms with Crippen LogP contribution < -0.4 is 0 Å². The molecule has 0 fully saturated rings. The molecule has 0 saturated carbocycles. The smallest absolute Gasteiger partial charge is 0.254 e. The van der Waals surface area contributed by atoms with Gasteiger partial charge >= 0.3 is 0 Å². The molecule has 3 aromatic rings. The number of thiophene rings is 2. The van der Waals surface area contributed by atoms with Crippen LogP contribution in [0.15, 0.2) is 64.2 Å². The highest BCUT2D eigenvalue weighted by Crippen LogP contribution is 2.21. The first kappa shape index (κ1) is 19.8. The molecule has 0 bridgehead atoms. The summed E-state index contributed by atoms with van der Waals surface area (Å²) in [4.78, 5) is 17.2. The van der Waals surface area contributed by atoms with Gasteiger partial charge in [0, 0.05) is 29.4 Å². The largest absolute Gasteiger partial charge is 0.328 e. The van der Waals surface area contributed by atoms with E-state index in [2.05, 4.69) is 0 Å². The second-order valence-electron chi connectivity index (χ2n) is 6.13. The summed E-state index contributed by atoms with van der Waals surface area (Å²) in [6.45, 7) is 1.04. The predicted molar refractivity (Wildman–Crippen MR) is 110 cm³/mol. The molecule has 2 aromatic heterocycles. The normalized spacial score (nSPS) is 11.7. The van der Waals surface area contributed by atoms with Crippen molar-refractivity contribution >= 4 is 38.6 Å². The van der Waals surface area contributed by atoms with E-state index >= 15 is 0 Å². The minimum Gasteiger partial charge on any atom is -0.328 e. The van der Waals surface area contributed by atoms with Crippen LogP contribution in [-0.2, 0) is 23.1 Å². The van der Waals surface area contributed by atoms with Gasteiger partial charge in [-0.1, -0.05) is 12.1 Å². The van der Waals surface area contributed by atoms with Gasteiger partial charge in [0.05, 0.1) is 18.0 Å². The predicted octanol–water partition coefficient (Wildman–Crippen LogP) is 3.90. The van der Waals surface area contributed by atoms with Crippen LogP contribution in [0.2, 0.25) is 0 Å². The van der Waals surface area contributed by atoms with Gasteiger partial charge in [-0.15, -0.1) is 22.7 Å². The molecule has 0 atom stereocenters. The molecule has 0 radical (unpaired) electrons. The molecule has 0 N–H and O–H groups in total. The Morgan fingerprint density at radius 2 is 1.41 bits per heavy atom. The molecule has 0 spiro atoms. The number of carbonyl (C=O) groups excluding carboxylic acids is 1. The first-order valence-corrected chi connectivity index (χ1v) is 11.4. The Morgan fingerprint density at radius 1 is 0.889 bits per heavy atom. The highest BCUT2D eigenvalue weighted by molar-refractivity contribution is 7.89. The lowest BCUT2D eigenvalue weighted by molar-refractivity contribution is 0.0733. The standard InChI is InChI=1S/C19H20N2O3S3/c1-20(2)27(23,24)18-9-7-15(8-10-18)19(22)21(13-16-5-3-11-25-16)14-17-6-4-12-26-17/h3-12H,13-14H2,1-2H3. The van der Waals surface area contributed by atoms with Gasteiger partial charge in [0.1, 0.15) is 0 Å². The quantitative estimate of drug-likeness (QED) is 0.582. The van der Waals surface area contributed by atoms with Crippen LogP contribution in [0.25, 0.3) is 0 Å². The van der Waals surface area contributed by atoms with E-state index in [1.807, 2.05) is 35.0 Å². The van der Waals surface area contributed by atoms with Crippen molar-refractivity contribution in [2.75, 3.05) is 14.1 Å². The third-order valence-corrected chi connectivity index (χ3v) is 7.57. The molecule has 2 heterocycles. The van der Waals surface area contributed by atoms with E-state index in [0.717, 1.165) is 14.1 Å². The van der Waals surface area contributed by atoms with E-state index in [-0.39, 0.29) is 10.8 Å². The SMILES string of the molecule is CN(C)S(=O)(=O)c1ccc(C(=O)N(Cc2cccs2)Cc2cccs2)cc1. The molecule has 3 rings (SSSR count). The van der Waals surface area contributed by atoms with Gasteiger partial charge in [-0.3, -0.25) is 4.79 Å². The van der Waals surface area contributed by atoms with Crippen LogP contribution in [0.3, 0.4) is 0 Å². The van der Waals surface area contributed by atoms with Crippen LogP contribution in [0.1, 0.15) is 20.1 Å². The summed E-state index contributed by atoms with van der Waals surface area (Å²) >= 11 is 3.22. The molecule has 1 aromatic carbocycles. The molecule has 0 saturated heterocycles. The molecule has 0 aliphatic rings. The summed E-state index contributed by atoms with van der Waals surface area (Å²) in [5.41, 5.74) is 0.473. The van der Waals surface area contributed by atoms with Crippen LogP contribution in [0.5, 0.6) is 0 Å². The fraction of sp³-hybridized carbons (Fsp3) is 0.211. The Labute approximate surface area is 167 Å². The van der Waals surface area contributed by atoms with Crippen molar-refractivity contribution in [2.24, 2.45) is 0 Å². The number of nitrogens with zero attached hydrogens (tertiary/aromatic N) is 2. The minimum absolute atomic E-state index is 0.120. The third-order valence-electron chi connectivity index (χ3n) is 4.02. The Bertz CT molecular complexity index is 941.